The molecule has 0 aliphatic carbocycles. The van der Waals surface area contributed by atoms with Gasteiger partial charge >= 0.3 is 0 Å². The van der Waals surface area contributed by atoms with Gasteiger partial charge in [0.2, 0.25) is 0 Å². The minimum atomic E-state index is 0.251. The molecule has 3 rings (SSSR count). The SMILES string of the molecule is C=C(C)N=C(C)N=C(C)CC.C=C(CC)N=C/C(=C\CC)C(C)c1[nH]c2ccc(Cl)cc2c1CCCC.CCC1CC(C)CO1. The molecule has 1 N–H and O–H groups in total. The molecule has 0 spiro atoms. The van der Waals surface area contributed by atoms with E-state index in [2.05, 4.69) is 99.8 Å². The first kappa shape index (κ1) is 40.3. The van der Waals surface area contributed by atoms with Crippen molar-refractivity contribution in [2.24, 2.45) is 20.9 Å². The van der Waals surface area contributed by atoms with E-state index in [1.807, 2.05) is 33.1 Å². The van der Waals surface area contributed by atoms with Gasteiger partial charge in [0, 0.05) is 57.5 Å². The predicted octanol–water partition coefficient (Wildman–Crippen LogP) is 12.2. The quantitative estimate of drug-likeness (QED) is 0.183. The van der Waals surface area contributed by atoms with Crippen molar-refractivity contribution in [1.29, 1.82) is 0 Å². The smallest absolute Gasteiger partial charge is 0.125 e. The second-order valence-corrected chi connectivity index (χ2v) is 12.6. The first-order chi connectivity index (χ1) is 21.4. The van der Waals surface area contributed by atoms with Gasteiger partial charge in [-0.05, 0) is 101 Å². The van der Waals surface area contributed by atoms with Crippen LogP contribution in [0.1, 0.15) is 131 Å². The van der Waals surface area contributed by atoms with Gasteiger partial charge in [0.1, 0.15) is 5.84 Å². The number of hydrogen-bond acceptors (Lipinski definition) is 3. The van der Waals surface area contributed by atoms with Gasteiger partial charge < -0.3 is 9.72 Å². The van der Waals surface area contributed by atoms with E-state index in [-0.39, 0.29) is 5.92 Å². The molecule has 5 nitrogen and oxygen atoms in total. The van der Waals surface area contributed by atoms with E-state index < -0.39 is 0 Å². The highest BCUT2D eigenvalue weighted by atomic mass is 35.5. The molecule has 1 saturated heterocycles. The number of aliphatic imine (C=N–C) groups is 3. The number of allylic oxidation sites excluding steroid dienone is 4. The van der Waals surface area contributed by atoms with E-state index in [4.69, 9.17) is 16.3 Å². The third-order valence-electron chi connectivity index (χ3n) is 7.81. The number of halogens is 1. The van der Waals surface area contributed by atoms with Gasteiger partial charge in [-0.25, -0.2) is 9.98 Å². The van der Waals surface area contributed by atoms with Gasteiger partial charge in [-0.2, -0.15) is 0 Å². The minimum Gasteiger partial charge on any atom is -0.378 e. The van der Waals surface area contributed by atoms with Crippen LogP contribution in [0.2, 0.25) is 5.02 Å². The summed E-state index contributed by atoms with van der Waals surface area (Å²) in [7, 11) is 0. The highest BCUT2D eigenvalue weighted by molar-refractivity contribution is 6.31. The van der Waals surface area contributed by atoms with Crippen LogP contribution >= 0.6 is 11.6 Å². The number of ether oxygens (including phenoxy) is 1. The largest absolute Gasteiger partial charge is 0.378 e. The van der Waals surface area contributed by atoms with Crippen molar-refractivity contribution < 1.29 is 4.74 Å². The molecule has 1 aliphatic rings. The molecule has 250 valence electrons. The zero-order valence-electron chi connectivity index (χ0n) is 30.0. The van der Waals surface area contributed by atoms with Crippen LogP contribution in [-0.4, -0.2) is 35.5 Å². The van der Waals surface area contributed by atoms with Gasteiger partial charge in [-0.3, -0.25) is 4.99 Å². The molecular formula is C39H61ClN4O. The maximum atomic E-state index is 6.27. The van der Waals surface area contributed by atoms with Gasteiger partial charge in [0.25, 0.3) is 0 Å². The fraction of sp³-hybridized carbons (Fsp3) is 0.564. The fourth-order valence-corrected chi connectivity index (χ4v) is 5.23. The maximum Gasteiger partial charge on any atom is 0.125 e. The lowest BCUT2D eigenvalue weighted by Gasteiger charge is -2.15. The summed E-state index contributed by atoms with van der Waals surface area (Å²) in [4.78, 5) is 16.5. The van der Waals surface area contributed by atoms with E-state index >= 15 is 0 Å². The number of hydrogen-bond donors (Lipinski definition) is 1. The topological polar surface area (TPSA) is 62.1 Å². The average molecular weight is 637 g/mol. The third kappa shape index (κ3) is 14.9. The zero-order valence-corrected chi connectivity index (χ0v) is 30.8. The average Bonchev–Trinajstić information content (AvgIpc) is 3.60. The second-order valence-electron chi connectivity index (χ2n) is 12.1. The number of nitrogens with zero attached hydrogens (tertiary/aromatic N) is 3. The molecule has 3 atom stereocenters. The number of aromatic nitrogens is 1. The number of nitrogens with one attached hydrogen (secondary N) is 1. The first-order valence-electron chi connectivity index (χ1n) is 17.0. The van der Waals surface area contributed by atoms with E-state index in [0.717, 1.165) is 71.7 Å². The Balaban J connectivity index is 0.000000435. The normalized spacial score (nSPS) is 18.0. The van der Waals surface area contributed by atoms with Crippen LogP contribution in [0, 0.1) is 5.92 Å². The first-order valence-corrected chi connectivity index (χ1v) is 17.4. The molecule has 0 radical (unpaired) electrons. The Bertz CT molecular complexity index is 1330. The van der Waals surface area contributed by atoms with Crippen LogP contribution in [0.5, 0.6) is 0 Å². The summed E-state index contributed by atoms with van der Waals surface area (Å²) < 4.78 is 5.41. The summed E-state index contributed by atoms with van der Waals surface area (Å²) in [5.41, 5.74) is 7.88. The van der Waals surface area contributed by atoms with Crippen molar-refractivity contribution in [2.75, 3.05) is 6.61 Å². The third-order valence-corrected chi connectivity index (χ3v) is 8.05. The van der Waals surface area contributed by atoms with Crippen molar-refractivity contribution in [3.63, 3.8) is 0 Å². The summed E-state index contributed by atoms with van der Waals surface area (Å²) in [6.07, 6.45) is 13.5. The van der Waals surface area contributed by atoms with Crippen molar-refractivity contribution >= 4 is 40.3 Å². The Morgan fingerprint density at radius 3 is 2.31 bits per heavy atom. The zero-order chi connectivity index (χ0) is 33.9. The van der Waals surface area contributed by atoms with Crippen molar-refractivity contribution in [2.45, 2.75) is 133 Å². The number of aromatic amines is 1. The Morgan fingerprint density at radius 2 is 1.80 bits per heavy atom. The van der Waals surface area contributed by atoms with Crippen molar-refractivity contribution in [3.8, 4) is 0 Å². The molecule has 6 heteroatoms. The van der Waals surface area contributed by atoms with Crippen LogP contribution in [0.4, 0.5) is 0 Å². The molecule has 1 aromatic carbocycles. The molecule has 1 aliphatic heterocycles. The maximum absolute atomic E-state index is 6.27. The number of amidine groups is 1. The van der Waals surface area contributed by atoms with Crippen LogP contribution in [0.15, 0.2) is 69.4 Å². The molecule has 1 fully saturated rings. The second kappa shape index (κ2) is 21.9. The number of fused-ring (bicyclic) bond motifs is 1. The van der Waals surface area contributed by atoms with Crippen molar-refractivity contribution in [3.05, 3.63) is 70.7 Å². The lowest BCUT2D eigenvalue weighted by Crippen LogP contribution is -2.04. The highest BCUT2D eigenvalue weighted by Gasteiger charge is 2.20. The Hall–Kier alpha value is -2.76. The van der Waals surface area contributed by atoms with E-state index in [1.54, 1.807) is 0 Å². The number of aryl methyl sites for hydroxylation is 1. The minimum absolute atomic E-state index is 0.251. The summed E-state index contributed by atoms with van der Waals surface area (Å²) in [5, 5.41) is 2.04. The van der Waals surface area contributed by atoms with Gasteiger partial charge in [-0.15, -0.1) is 0 Å². The van der Waals surface area contributed by atoms with E-state index in [1.165, 1.54) is 47.9 Å². The standard InChI is InChI=1S/C23H31ClN2.C9H16N2.C7H14O/c1-6-9-11-20-21-14-19(24)12-13-22(21)26-23(20)17(5)18(10-7-2)15-25-16(4)8-3;1-6-8(4)11-9(5)10-7(2)3;1-3-7-4-6(2)5-8-7/h10,12-15,17,26H,4,6-9,11H2,1-3,5H3;2,6H2,1,3-5H3;6-7H,3-5H2,1-2H3/b18-10+,25-15?;;. The van der Waals surface area contributed by atoms with Crippen LogP contribution in [-0.2, 0) is 11.2 Å². The summed E-state index contributed by atoms with van der Waals surface area (Å²) in [5.74, 6) is 1.85. The molecule has 3 unspecified atom stereocenters. The van der Waals surface area contributed by atoms with Crippen LogP contribution in [0.25, 0.3) is 10.9 Å². The monoisotopic (exact) mass is 636 g/mol. The number of unbranched alkanes of at least 4 members (excludes halogenated alkanes) is 1. The summed E-state index contributed by atoms with van der Waals surface area (Å²) in [6, 6.07) is 6.12. The summed E-state index contributed by atoms with van der Waals surface area (Å²) >= 11 is 6.27. The Labute approximate surface area is 280 Å². The molecule has 2 heterocycles. The van der Waals surface area contributed by atoms with Crippen molar-refractivity contribution in [1.82, 2.24) is 4.98 Å². The van der Waals surface area contributed by atoms with Gasteiger partial charge in [-0.1, -0.05) is 85.7 Å². The number of benzene rings is 1. The fourth-order valence-electron chi connectivity index (χ4n) is 5.06. The molecule has 2 aromatic rings. The summed E-state index contributed by atoms with van der Waals surface area (Å²) in [6.45, 7) is 29.6. The lowest BCUT2D eigenvalue weighted by atomic mass is 9.92. The van der Waals surface area contributed by atoms with Gasteiger partial charge in [0.05, 0.1) is 6.10 Å². The Kier molecular flexibility index (Phi) is 19.6. The Morgan fingerprint density at radius 1 is 1.09 bits per heavy atom. The van der Waals surface area contributed by atoms with Crippen LogP contribution in [0.3, 0.4) is 0 Å². The van der Waals surface area contributed by atoms with Crippen LogP contribution < -0.4 is 0 Å². The number of H-pyrrole nitrogens is 1. The lowest BCUT2D eigenvalue weighted by molar-refractivity contribution is 0.105. The molecule has 45 heavy (non-hydrogen) atoms. The highest BCUT2D eigenvalue weighted by Crippen LogP contribution is 2.34. The predicted molar refractivity (Wildman–Crippen MR) is 202 cm³/mol. The molecule has 0 bridgehead atoms. The number of rotatable bonds is 12. The van der Waals surface area contributed by atoms with E-state index in [0.29, 0.717) is 6.10 Å². The van der Waals surface area contributed by atoms with Gasteiger partial charge in [0.15, 0.2) is 0 Å². The molecule has 0 saturated carbocycles. The molecule has 1 aromatic heterocycles. The molecule has 0 amide bonds. The van der Waals surface area contributed by atoms with E-state index in [9.17, 15) is 0 Å². The molecular weight excluding hydrogens is 576 g/mol.